The number of benzene rings is 1. The van der Waals surface area contributed by atoms with Gasteiger partial charge in [0.25, 0.3) is 0 Å². The summed E-state index contributed by atoms with van der Waals surface area (Å²) in [5, 5.41) is 0.870. The van der Waals surface area contributed by atoms with Gasteiger partial charge in [0.1, 0.15) is 5.75 Å². The van der Waals surface area contributed by atoms with Gasteiger partial charge >= 0.3 is 18.3 Å². The van der Waals surface area contributed by atoms with Crippen LogP contribution in [0.3, 0.4) is 0 Å². The number of nitrogens with zero attached hydrogens (tertiary/aromatic N) is 1. The highest BCUT2D eigenvalue weighted by Crippen LogP contribution is 2.30. The summed E-state index contributed by atoms with van der Waals surface area (Å²) in [6, 6.07) is 5.70. The molecule has 10 heteroatoms. The van der Waals surface area contributed by atoms with E-state index >= 15 is 0 Å². The molecule has 0 amide bonds. The van der Waals surface area contributed by atoms with Crippen molar-refractivity contribution in [2.45, 2.75) is 18.3 Å². The first-order valence-electron chi connectivity index (χ1n) is 6.38. The summed E-state index contributed by atoms with van der Waals surface area (Å²) in [6.45, 7) is -1.26. The molecule has 1 aromatic carbocycles. The molecule has 0 unspecified atom stereocenters. The van der Waals surface area contributed by atoms with E-state index in [-0.39, 0.29) is 24.8 Å². The van der Waals surface area contributed by atoms with Crippen molar-refractivity contribution in [1.82, 2.24) is 5.06 Å². The number of carbonyl (C=O) groups is 1. The third-order valence-electron chi connectivity index (χ3n) is 3.05. The number of hydrogen-bond acceptors (Lipinski definition) is 4. The van der Waals surface area contributed by atoms with E-state index in [1.54, 1.807) is 0 Å². The number of hydroxylamine groups is 2. The van der Waals surface area contributed by atoms with E-state index in [0.29, 0.717) is 5.56 Å². The maximum Gasteiger partial charge on any atom is 0.492 e. The van der Waals surface area contributed by atoms with E-state index in [1.165, 1.54) is 24.3 Å². The summed E-state index contributed by atoms with van der Waals surface area (Å²) in [5.74, 6) is -2.43. The van der Waals surface area contributed by atoms with Crippen LogP contribution in [0.2, 0.25) is 0 Å². The van der Waals surface area contributed by atoms with Crippen molar-refractivity contribution in [3.63, 3.8) is 0 Å². The number of ether oxygens (including phenoxy) is 1. The van der Waals surface area contributed by atoms with Gasteiger partial charge < -0.3 is 9.57 Å². The van der Waals surface area contributed by atoms with Gasteiger partial charge in [0.05, 0.1) is 0 Å². The summed E-state index contributed by atoms with van der Waals surface area (Å²) in [4.78, 5) is 14.7. The number of rotatable bonds is 4. The molecule has 23 heavy (non-hydrogen) atoms. The van der Waals surface area contributed by atoms with Crippen LogP contribution in [0.5, 0.6) is 5.75 Å². The Morgan fingerprint density at radius 2 is 1.65 bits per heavy atom. The van der Waals surface area contributed by atoms with Crippen LogP contribution in [0.1, 0.15) is 11.5 Å². The molecule has 0 spiro atoms. The number of carbonyl (C=O) groups excluding carboxylic acids is 1. The molecule has 1 heterocycles. The maximum absolute atomic E-state index is 12.0. The Hall–Kier alpha value is -1.97. The normalized spacial score (nSPS) is 16.8. The van der Waals surface area contributed by atoms with Crippen molar-refractivity contribution in [3.05, 3.63) is 29.8 Å². The molecule has 128 valence electrons. The van der Waals surface area contributed by atoms with Gasteiger partial charge in [-0.25, -0.2) is 4.79 Å². The molecule has 0 radical (unpaired) electrons. The van der Waals surface area contributed by atoms with Gasteiger partial charge in [-0.2, -0.15) is 26.3 Å². The van der Waals surface area contributed by atoms with Crippen molar-refractivity contribution in [2.24, 2.45) is 0 Å². The first-order chi connectivity index (χ1) is 10.5. The minimum atomic E-state index is -5.05. The lowest BCUT2D eigenvalue weighted by molar-refractivity contribution is -0.253. The topological polar surface area (TPSA) is 38.8 Å². The second-order valence-corrected chi connectivity index (χ2v) is 4.89. The largest absolute Gasteiger partial charge is 0.492 e. The van der Waals surface area contributed by atoms with Gasteiger partial charge in [0, 0.05) is 19.0 Å². The molecule has 0 bridgehead atoms. The molecule has 0 saturated carbocycles. The van der Waals surface area contributed by atoms with Crippen molar-refractivity contribution in [2.75, 3.05) is 19.7 Å². The van der Waals surface area contributed by atoms with Gasteiger partial charge in [-0.3, -0.25) is 0 Å². The maximum atomic E-state index is 12.0. The Kier molecular flexibility index (Phi) is 4.73. The molecule has 4 nitrogen and oxygen atoms in total. The van der Waals surface area contributed by atoms with E-state index in [0.717, 1.165) is 5.06 Å². The van der Waals surface area contributed by atoms with Gasteiger partial charge in [-0.1, -0.05) is 12.1 Å². The summed E-state index contributed by atoms with van der Waals surface area (Å²) < 4.78 is 76.5. The average Bonchev–Trinajstić information content (AvgIpc) is 2.38. The Labute approximate surface area is 126 Å². The highest BCUT2D eigenvalue weighted by Gasteiger charge is 2.44. The molecule has 1 aliphatic rings. The molecule has 0 N–H and O–H groups in total. The van der Waals surface area contributed by atoms with E-state index in [1.807, 2.05) is 0 Å². The van der Waals surface area contributed by atoms with Crippen LogP contribution < -0.4 is 4.74 Å². The smallest absolute Gasteiger partial charge is 0.484 e. The average molecular weight is 343 g/mol. The van der Waals surface area contributed by atoms with Gasteiger partial charge in [-0.15, -0.1) is 5.06 Å². The summed E-state index contributed by atoms with van der Waals surface area (Å²) in [6.07, 6.45) is -9.49. The highest BCUT2D eigenvalue weighted by atomic mass is 19.4. The molecule has 1 saturated heterocycles. The van der Waals surface area contributed by atoms with Crippen LogP contribution in [0.25, 0.3) is 0 Å². The Bertz CT molecular complexity index is 548. The van der Waals surface area contributed by atoms with Crippen LogP contribution in [-0.4, -0.2) is 43.1 Å². The SMILES string of the molecule is O=C(ON1CC(c2ccc(OCC(F)(F)F)cc2)C1)C(F)(F)F. The van der Waals surface area contributed by atoms with Crippen LogP contribution >= 0.6 is 0 Å². The molecule has 0 atom stereocenters. The molecule has 1 aromatic rings. The molecular weight excluding hydrogens is 332 g/mol. The second-order valence-electron chi connectivity index (χ2n) is 4.89. The van der Waals surface area contributed by atoms with Crippen molar-refractivity contribution in [3.8, 4) is 5.75 Å². The lowest BCUT2D eigenvalue weighted by Gasteiger charge is -2.37. The van der Waals surface area contributed by atoms with Gasteiger partial charge in [0.2, 0.25) is 0 Å². The van der Waals surface area contributed by atoms with E-state index in [4.69, 9.17) is 0 Å². The van der Waals surface area contributed by atoms with Gasteiger partial charge in [0.15, 0.2) is 6.61 Å². The van der Waals surface area contributed by atoms with Crippen LogP contribution in [0.4, 0.5) is 26.3 Å². The lowest BCUT2D eigenvalue weighted by atomic mass is 9.93. The minimum absolute atomic E-state index is 0.0331. The Balaban J connectivity index is 1.80. The number of halogens is 6. The number of hydrogen-bond donors (Lipinski definition) is 0. The van der Waals surface area contributed by atoms with Crippen LogP contribution in [0.15, 0.2) is 24.3 Å². The zero-order chi connectivity index (χ0) is 17.3. The Morgan fingerprint density at radius 3 is 2.13 bits per heavy atom. The minimum Gasteiger partial charge on any atom is -0.484 e. The van der Waals surface area contributed by atoms with E-state index in [9.17, 15) is 31.1 Å². The van der Waals surface area contributed by atoms with E-state index in [2.05, 4.69) is 9.57 Å². The standard InChI is InChI=1S/C13H11F6NO3/c14-12(15,16)7-22-10-3-1-8(2-4-10)9-5-20(6-9)23-11(21)13(17,18)19/h1-4,9H,5-7H2. The van der Waals surface area contributed by atoms with E-state index < -0.39 is 24.9 Å². The predicted molar refractivity (Wildman–Crippen MR) is 64.5 cm³/mol. The predicted octanol–water partition coefficient (Wildman–Crippen LogP) is 3.05. The highest BCUT2D eigenvalue weighted by molar-refractivity contribution is 5.75. The molecular formula is C13H11F6NO3. The zero-order valence-corrected chi connectivity index (χ0v) is 11.4. The van der Waals surface area contributed by atoms with Gasteiger partial charge in [-0.05, 0) is 17.7 Å². The third kappa shape index (κ3) is 5.02. The Morgan fingerprint density at radius 1 is 1.09 bits per heavy atom. The monoisotopic (exact) mass is 343 g/mol. The summed E-state index contributed by atoms with van der Waals surface area (Å²) in [7, 11) is 0. The van der Waals surface area contributed by atoms with Crippen LogP contribution in [0, 0.1) is 0 Å². The first-order valence-corrected chi connectivity index (χ1v) is 6.38. The molecule has 2 rings (SSSR count). The quantitative estimate of drug-likeness (QED) is 0.788. The van der Waals surface area contributed by atoms with Crippen molar-refractivity contribution in [1.29, 1.82) is 0 Å². The van der Waals surface area contributed by atoms with Crippen molar-refractivity contribution < 1.29 is 40.7 Å². The molecule has 0 aliphatic carbocycles. The lowest BCUT2D eigenvalue weighted by Crippen LogP contribution is -2.47. The molecule has 1 fully saturated rings. The van der Waals surface area contributed by atoms with Crippen LogP contribution in [-0.2, 0) is 9.63 Å². The zero-order valence-electron chi connectivity index (χ0n) is 11.4. The number of alkyl halides is 6. The summed E-state index contributed by atoms with van der Waals surface area (Å²) >= 11 is 0. The fourth-order valence-corrected chi connectivity index (χ4v) is 1.89. The van der Waals surface area contributed by atoms with Crippen molar-refractivity contribution >= 4 is 5.97 Å². The fourth-order valence-electron chi connectivity index (χ4n) is 1.89. The third-order valence-corrected chi connectivity index (χ3v) is 3.05. The fraction of sp³-hybridized carbons (Fsp3) is 0.462. The summed E-state index contributed by atoms with van der Waals surface area (Å²) in [5.41, 5.74) is 0.698. The molecule has 1 aliphatic heterocycles. The second kappa shape index (κ2) is 6.26. The first kappa shape index (κ1) is 17.4. The molecule has 0 aromatic heterocycles.